The molecule has 1 aliphatic rings. The zero-order valence-corrected chi connectivity index (χ0v) is 11.8. The number of hydrogen-bond acceptors (Lipinski definition) is 5. The number of pyridine rings is 1. The first kappa shape index (κ1) is 13.5. The van der Waals surface area contributed by atoms with Crippen molar-refractivity contribution in [1.82, 2.24) is 25.3 Å². The lowest BCUT2D eigenvalue weighted by Crippen LogP contribution is -2.39. The van der Waals surface area contributed by atoms with Crippen molar-refractivity contribution in [2.45, 2.75) is 25.8 Å². The van der Waals surface area contributed by atoms with Gasteiger partial charge < -0.3 is 14.7 Å². The fourth-order valence-corrected chi connectivity index (χ4v) is 2.29. The quantitative estimate of drug-likeness (QED) is 0.933. The lowest BCUT2D eigenvalue weighted by atomic mass is 10.2. The van der Waals surface area contributed by atoms with Gasteiger partial charge in [-0.25, -0.2) is 4.79 Å². The SMILES string of the molecule is C[C@@H](NC(=O)N1CCCC1)c1nc(-c2ccncc2)no1. The summed E-state index contributed by atoms with van der Waals surface area (Å²) in [4.78, 5) is 22.1. The molecule has 0 radical (unpaired) electrons. The van der Waals surface area contributed by atoms with Crippen LogP contribution in [0, 0.1) is 0 Å². The lowest BCUT2D eigenvalue weighted by Gasteiger charge is -2.18. The van der Waals surface area contributed by atoms with E-state index in [1.165, 1.54) is 0 Å². The van der Waals surface area contributed by atoms with Crippen molar-refractivity contribution in [3.63, 3.8) is 0 Å². The molecule has 21 heavy (non-hydrogen) atoms. The zero-order valence-electron chi connectivity index (χ0n) is 11.8. The molecule has 1 fully saturated rings. The standard InChI is InChI=1S/C14H17N5O2/c1-10(16-14(20)19-8-2-3-9-19)13-17-12(18-21-13)11-4-6-15-7-5-11/h4-7,10H,2-3,8-9H2,1H3,(H,16,20)/t10-/m1/s1. The monoisotopic (exact) mass is 287 g/mol. The van der Waals surface area contributed by atoms with Crippen LogP contribution in [0.5, 0.6) is 0 Å². The molecule has 2 aromatic heterocycles. The highest BCUT2D eigenvalue weighted by Crippen LogP contribution is 2.18. The molecule has 1 atom stereocenters. The number of nitrogens with zero attached hydrogens (tertiary/aromatic N) is 4. The molecule has 7 nitrogen and oxygen atoms in total. The number of rotatable bonds is 3. The lowest BCUT2D eigenvalue weighted by molar-refractivity contribution is 0.202. The summed E-state index contributed by atoms with van der Waals surface area (Å²) in [5.41, 5.74) is 0.832. The average Bonchev–Trinajstić information content (AvgIpc) is 3.20. The number of nitrogens with one attached hydrogen (secondary N) is 1. The van der Waals surface area contributed by atoms with Crippen LogP contribution in [0.15, 0.2) is 29.0 Å². The van der Waals surface area contributed by atoms with Gasteiger partial charge >= 0.3 is 6.03 Å². The first-order chi connectivity index (χ1) is 10.2. The van der Waals surface area contributed by atoms with Gasteiger partial charge in [0.15, 0.2) is 0 Å². The van der Waals surface area contributed by atoms with Gasteiger partial charge in [0.2, 0.25) is 11.7 Å². The second-order valence-electron chi connectivity index (χ2n) is 5.06. The Bertz CT molecular complexity index is 607. The first-order valence-electron chi connectivity index (χ1n) is 7.03. The molecule has 110 valence electrons. The van der Waals surface area contributed by atoms with Crippen LogP contribution in [-0.4, -0.2) is 39.1 Å². The minimum absolute atomic E-state index is 0.0799. The third-order valence-electron chi connectivity index (χ3n) is 3.48. The third kappa shape index (κ3) is 3.01. The maximum absolute atomic E-state index is 12.0. The Labute approximate surface area is 122 Å². The molecule has 2 aromatic rings. The predicted octanol–water partition coefficient (Wildman–Crippen LogP) is 2.00. The second kappa shape index (κ2) is 5.90. The van der Waals surface area contributed by atoms with Gasteiger partial charge in [0.05, 0.1) is 0 Å². The van der Waals surface area contributed by atoms with Crippen molar-refractivity contribution < 1.29 is 9.32 Å². The van der Waals surface area contributed by atoms with E-state index in [4.69, 9.17) is 4.52 Å². The maximum atomic E-state index is 12.0. The van der Waals surface area contributed by atoms with E-state index < -0.39 is 0 Å². The van der Waals surface area contributed by atoms with Crippen molar-refractivity contribution in [3.8, 4) is 11.4 Å². The topological polar surface area (TPSA) is 84.2 Å². The van der Waals surface area contributed by atoms with E-state index in [2.05, 4.69) is 20.4 Å². The van der Waals surface area contributed by atoms with Gasteiger partial charge in [-0.1, -0.05) is 5.16 Å². The molecule has 1 N–H and O–H groups in total. The molecule has 3 heterocycles. The maximum Gasteiger partial charge on any atom is 0.318 e. The van der Waals surface area contributed by atoms with Crippen LogP contribution in [0.1, 0.15) is 31.7 Å². The molecule has 1 saturated heterocycles. The van der Waals surface area contributed by atoms with Crippen molar-refractivity contribution in [3.05, 3.63) is 30.4 Å². The Morgan fingerprint density at radius 3 is 2.76 bits per heavy atom. The van der Waals surface area contributed by atoms with Crippen LogP contribution in [0.2, 0.25) is 0 Å². The molecule has 0 aliphatic carbocycles. The molecule has 0 spiro atoms. The minimum Gasteiger partial charge on any atom is -0.337 e. The number of hydrogen-bond donors (Lipinski definition) is 1. The van der Waals surface area contributed by atoms with Crippen molar-refractivity contribution in [1.29, 1.82) is 0 Å². The van der Waals surface area contributed by atoms with Crippen LogP contribution in [0.3, 0.4) is 0 Å². The van der Waals surface area contributed by atoms with Crippen molar-refractivity contribution >= 4 is 6.03 Å². The molecule has 1 aliphatic heterocycles. The summed E-state index contributed by atoms with van der Waals surface area (Å²) < 4.78 is 5.23. The van der Waals surface area contributed by atoms with Gasteiger partial charge in [0, 0.05) is 31.0 Å². The third-order valence-corrected chi connectivity index (χ3v) is 3.48. The highest BCUT2D eigenvalue weighted by atomic mass is 16.5. The number of urea groups is 1. The van der Waals surface area contributed by atoms with Gasteiger partial charge in [-0.15, -0.1) is 0 Å². The van der Waals surface area contributed by atoms with E-state index in [0.29, 0.717) is 11.7 Å². The summed E-state index contributed by atoms with van der Waals surface area (Å²) in [5.74, 6) is 0.893. The van der Waals surface area contributed by atoms with E-state index in [1.54, 1.807) is 17.3 Å². The van der Waals surface area contributed by atoms with E-state index >= 15 is 0 Å². The Balaban J connectivity index is 1.66. The predicted molar refractivity (Wildman–Crippen MR) is 75.3 cm³/mol. The van der Waals surface area contributed by atoms with Crippen molar-refractivity contribution in [2.24, 2.45) is 0 Å². The minimum atomic E-state index is -0.318. The van der Waals surface area contributed by atoms with Crippen LogP contribution in [0.4, 0.5) is 4.79 Å². The highest BCUT2D eigenvalue weighted by Gasteiger charge is 2.22. The van der Waals surface area contributed by atoms with Gasteiger partial charge in [0.1, 0.15) is 6.04 Å². The number of aromatic nitrogens is 3. The molecule has 3 rings (SSSR count). The number of carbonyl (C=O) groups excluding carboxylic acids is 1. The van der Waals surface area contributed by atoms with E-state index in [0.717, 1.165) is 31.5 Å². The fraction of sp³-hybridized carbons (Fsp3) is 0.429. The molecule has 2 amide bonds. The van der Waals surface area contributed by atoms with Gasteiger partial charge in [0.25, 0.3) is 0 Å². The Hall–Kier alpha value is -2.44. The summed E-state index contributed by atoms with van der Waals surface area (Å²) >= 11 is 0. The number of carbonyl (C=O) groups is 1. The first-order valence-corrected chi connectivity index (χ1v) is 7.03. The summed E-state index contributed by atoms with van der Waals surface area (Å²) in [6.07, 6.45) is 5.47. The van der Waals surface area contributed by atoms with Crippen LogP contribution in [-0.2, 0) is 0 Å². The summed E-state index contributed by atoms with van der Waals surface area (Å²) in [6.45, 7) is 3.45. The van der Waals surface area contributed by atoms with Gasteiger partial charge in [-0.2, -0.15) is 4.98 Å². The van der Waals surface area contributed by atoms with Gasteiger partial charge in [-0.3, -0.25) is 4.98 Å². The number of amides is 2. The number of likely N-dealkylation sites (tertiary alicyclic amines) is 1. The Morgan fingerprint density at radius 2 is 2.05 bits per heavy atom. The molecule has 7 heteroatoms. The summed E-state index contributed by atoms with van der Waals surface area (Å²) in [5, 5.41) is 6.81. The van der Waals surface area contributed by atoms with Crippen LogP contribution >= 0.6 is 0 Å². The molecule has 0 aromatic carbocycles. The fourth-order valence-electron chi connectivity index (χ4n) is 2.29. The Kier molecular flexibility index (Phi) is 3.81. The normalized spacial score (nSPS) is 16.0. The van der Waals surface area contributed by atoms with Crippen molar-refractivity contribution in [2.75, 3.05) is 13.1 Å². The van der Waals surface area contributed by atoms with E-state index in [-0.39, 0.29) is 12.1 Å². The molecule has 0 unspecified atom stereocenters. The average molecular weight is 287 g/mol. The molecular weight excluding hydrogens is 270 g/mol. The second-order valence-corrected chi connectivity index (χ2v) is 5.06. The van der Waals surface area contributed by atoms with Gasteiger partial charge in [-0.05, 0) is 31.9 Å². The smallest absolute Gasteiger partial charge is 0.318 e. The summed E-state index contributed by atoms with van der Waals surface area (Å²) in [7, 11) is 0. The Morgan fingerprint density at radius 1 is 1.33 bits per heavy atom. The highest BCUT2D eigenvalue weighted by molar-refractivity contribution is 5.74. The summed E-state index contributed by atoms with van der Waals surface area (Å²) in [6, 6.07) is 3.22. The van der Waals surface area contributed by atoms with Crippen LogP contribution in [0.25, 0.3) is 11.4 Å². The van der Waals surface area contributed by atoms with Crippen LogP contribution < -0.4 is 5.32 Å². The molecular formula is C14H17N5O2. The largest absolute Gasteiger partial charge is 0.337 e. The van der Waals surface area contributed by atoms with E-state index in [1.807, 2.05) is 19.1 Å². The zero-order chi connectivity index (χ0) is 14.7. The van der Waals surface area contributed by atoms with E-state index in [9.17, 15) is 4.79 Å². The molecule has 0 saturated carbocycles. The molecule has 0 bridgehead atoms.